The molecule has 1 aliphatic carbocycles. The fourth-order valence-electron chi connectivity index (χ4n) is 3.78. The average molecular weight is 415 g/mol. The third kappa shape index (κ3) is 4.74. The van der Waals surface area contributed by atoms with E-state index in [0.717, 1.165) is 40.9 Å². The van der Waals surface area contributed by atoms with E-state index < -0.39 is 12.2 Å². The SMILES string of the molecule is CN1C(=O)C(NC(=O)NCCc2ccccc2)N=C(C2=CCCC=C2)c2ccccc21. The van der Waals surface area contributed by atoms with Gasteiger partial charge in [-0.25, -0.2) is 9.79 Å². The number of fused-ring (bicyclic) bond motifs is 1. The molecule has 3 amide bonds. The lowest BCUT2D eigenvalue weighted by Crippen LogP contribution is -2.49. The number of benzodiazepines with no additional fused rings is 1. The molecule has 2 N–H and O–H groups in total. The number of amides is 3. The van der Waals surface area contributed by atoms with E-state index >= 15 is 0 Å². The number of para-hydroxylation sites is 1. The first-order valence-electron chi connectivity index (χ1n) is 10.5. The fourth-order valence-corrected chi connectivity index (χ4v) is 3.78. The molecule has 6 nitrogen and oxygen atoms in total. The molecule has 0 radical (unpaired) electrons. The van der Waals surface area contributed by atoms with Crippen molar-refractivity contribution in [1.29, 1.82) is 0 Å². The highest BCUT2D eigenvalue weighted by atomic mass is 16.2. The van der Waals surface area contributed by atoms with Gasteiger partial charge in [0, 0.05) is 19.2 Å². The second-order valence-electron chi connectivity index (χ2n) is 7.57. The van der Waals surface area contributed by atoms with Gasteiger partial charge in [-0.15, -0.1) is 0 Å². The molecule has 6 heteroatoms. The molecular weight excluding hydrogens is 388 g/mol. The quantitative estimate of drug-likeness (QED) is 0.785. The third-order valence-electron chi connectivity index (χ3n) is 5.42. The standard InChI is InChI=1S/C25H26N4O2/c1-29-21-15-9-8-14-20(21)22(19-12-6-3-7-13-19)27-23(24(29)30)28-25(31)26-17-16-18-10-4-2-5-11-18/h2,4-6,8-15,23H,3,7,16-17H2,1H3,(H2,26,28,31). The minimum Gasteiger partial charge on any atom is -0.338 e. The smallest absolute Gasteiger partial charge is 0.316 e. The first kappa shape index (κ1) is 20.6. The van der Waals surface area contributed by atoms with Crippen molar-refractivity contribution in [3.63, 3.8) is 0 Å². The van der Waals surface area contributed by atoms with Crippen LogP contribution in [0.25, 0.3) is 0 Å². The molecule has 0 bridgehead atoms. The Labute approximate surface area is 182 Å². The van der Waals surface area contributed by atoms with Crippen LogP contribution in [0.3, 0.4) is 0 Å². The second-order valence-corrected chi connectivity index (χ2v) is 7.57. The Bertz CT molecular complexity index is 1060. The van der Waals surface area contributed by atoms with Crippen LogP contribution in [0.5, 0.6) is 0 Å². The number of allylic oxidation sites excluding steroid dienone is 4. The van der Waals surface area contributed by atoms with Crippen LogP contribution in [0, 0.1) is 0 Å². The van der Waals surface area contributed by atoms with Crippen molar-refractivity contribution in [2.75, 3.05) is 18.5 Å². The number of carbonyl (C=O) groups excluding carboxylic acids is 2. The van der Waals surface area contributed by atoms with Gasteiger partial charge in [0.05, 0.1) is 11.4 Å². The molecule has 4 rings (SSSR count). The van der Waals surface area contributed by atoms with Gasteiger partial charge in [-0.2, -0.15) is 0 Å². The normalized spacial score (nSPS) is 17.9. The molecule has 1 aliphatic heterocycles. The van der Waals surface area contributed by atoms with Gasteiger partial charge in [0.1, 0.15) is 0 Å². The molecule has 2 aromatic rings. The van der Waals surface area contributed by atoms with Gasteiger partial charge in [0.2, 0.25) is 6.17 Å². The lowest BCUT2D eigenvalue weighted by Gasteiger charge is -2.21. The van der Waals surface area contributed by atoms with E-state index in [9.17, 15) is 9.59 Å². The van der Waals surface area contributed by atoms with Gasteiger partial charge < -0.3 is 15.5 Å². The maximum Gasteiger partial charge on any atom is 0.316 e. The zero-order valence-corrected chi connectivity index (χ0v) is 17.5. The first-order valence-corrected chi connectivity index (χ1v) is 10.5. The number of benzene rings is 2. The molecule has 0 fully saturated rings. The molecule has 31 heavy (non-hydrogen) atoms. The summed E-state index contributed by atoms with van der Waals surface area (Å²) >= 11 is 0. The lowest BCUT2D eigenvalue weighted by atomic mass is 9.96. The Hall–Kier alpha value is -3.67. The number of rotatable bonds is 5. The number of anilines is 1. The highest BCUT2D eigenvalue weighted by Gasteiger charge is 2.31. The third-order valence-corrected chi connectivity index (χ3v) is 5.42. The second kappa shape index (κ2) is 9.43. The number of hydrogen-bond donors (Lipinski definition) is 2. The molecule has 0 saturated carbocycles. The Morgan fingerprint density at radius 3 is 2.65 bits per heavy atom. The van der Waals surface area contributed by atoms with Gasteiger partial charge >= 0.3 is 6.03 Å². The van der Waals surface area contributed by atoms with Crippen molar-refractivity contribution in [1.82, 2.24) is 10.6 Å². The minimum atomic E-state index is -1.000. The Morgan fingerprint density at radius 1 is 1.10 bits per heavy atom. The number of nitrogens with one attached hydrogen (secondary N) is 2. The van der Waals surface area contributed by atoms with Crippen LogP contribution in [-0.2, 0) is 11.2 Å². The summed E-state index contributed by atoms with van der Waals surface area (Å²) in [7, 11) is 1.71. The summed E-state index contributed by atoms with van der Waals surface area (Å²) in [6.45, 7) is 0.470. The van der Waals surface area contributed by atoms with E-state index in [1.54, 1.807) is 11.9 Å². The Morgan fingerprint density at radius 2 is 1.87 bits per heavy atom. The molecule has 158 valence electrons. The summed E-state index contributed by atoms with van der Waals surface area (Å²) in [6.07, 6.45) is 7.90. The van der Waals surface area contributed by atoms with E-state index in [-0.39, 0.29) is 5.91 Å². The van der Waals surface area contributed by atoms with Crippen LogP contribution in [0.2, 0.25) is 0 Å². The van der Waals surface area contributed by atoms with E-state index in [2.05, 4.69) is 22.8 Å². The maximum absolute atomic E-state index is 13.1. The fraction of sp³-hybridized carbons (Fsp3) is 0.240. The summed E-state index contributed by atoms with van der Waals surface area (Å²) in [5.74, 6) is -0.277. The number of aliphatic imine (C=N–C) groups is 1. The number of urea groups is 1. The number of nitrogens with zero attached hydrogens (tertiary/aromatic N) is 2. The van der Waals surface area contributed by atoms with Gasteiger partial charge in [-0.1, -0.05) is 66.8 Å². The molecular formula is C25H26N4O2. The molecule has 0 spiro atoms. The summed E-state index contributed by atoms with van der Waals surface area (Å²) in [5, 5.41) is 5.58. The van der Waals surface area contributed by atoms with Crippen LogP contribution in [0.15, 0.2) is 83.4 Å². The van der Waals surface area contributed by atoms with Crippen LogP contribution in [0.1, 0.15) is 24.0 Å². The topological polar surface area (TPSA) is 73.8 Å². The minimum absolute atomic E-state index is 0.277. The Balaban J connectivity index is 1.53. The summed E-state index contributed by atoms with van der Waals surface area (Å²) < 4.78 is 0. The van der Waals surface area contributed by atoms with Crippen molar-refractivity contribution in [2.45, 2.75) is 25.4 Å². The highest BCUT2D eigenvalue weighted by molar-refractivity contribution is 6.21. The van der Waals surface area contributed by atoms with E-state index in [1.165, 1.54) is 0 Å². The van der Waals surface area contributed by atoms with Gasteiger partial charge in [0.15, 0.2) is 0 Å². The van der Waals surface area contributed by atoms with Gasteiger partial charge in [-0.05, 0) is 36.5 Å². The van der Waals surface area contributed by atoms with E-state index in [0.29, 0.717) is 13.0 Å². The van der Waals surface area contributed by atoms with Crippen LogP contribution in [-0.4, -0.2) is 37.4 Å². The summed E-state index contributed by atoms with van der Waals surface area (Å²) in [6, 6.07) is 17.2. The van der Waals surface area contributed by atoms with Crippen molar-refractivity contribution < 1.29 is 9.59 Å². The zero-order chi connectivity index (χ0) is 21.6. The average Bonchev–Trinajstić information content (AvgIpc) is 2.91. The van der Waals surface area contributed by atoms with Crippen LogP contribution in [0.4, 0.5) is 10.5 Å². The number of likely N-dealkylation sites (N-methyl/N-ethyl adjacent to an activating group) is 1. The molecule has 0 saturated heterocycles. The number of hydrogen-bond acceptors (Lipinski definition) is 3. The Kier molecular flexibility index (Phi) is 6.26. The van der Waals surface area contributed by atoms with Crippen LogP contribution >= 0.6 is 0 Å². The highest BCUT2D eigenvalue weighted by Crippen LogP contribution is 2.28. The molecule has 2 aliphatic rings. The lowest BCUT2D eigenvalue weighted by molar-refractivity contribution is -0.119. The number of carbonyl (C=O) groups is 2. The van der Waals surface area contributed by atoms with Crippen molar-refractivity contribution in [3.05, 3.63) is 89.5 Å². The van der Waals surface area contributed by atoms with Crippen molar-refractivity contribution >= 4 is 23.3 Å². The van der Waals surface area contributed by atoms with E-state index in [4.69, 9.17) is 4.99 Å². The monoisotopic (exact) mass is 414 g/mol. The maximum atomic E-state index is 13.1. The predicted octanol–water partition coefficient (Wildman–Crippen LogP) is 3.60. The molecule has 1 unspecified atom stereocenters. The van der Waals surface area contributed by atoms with Crippen molar-refractivity contribution in [3.8, 4) is 0 Å². The van der Waals surface area contributed by atoms with Gasteiger partial charge in [0.25, 0.3) is 5.91 Å². The van der Waals surface area contributed by atoms with Crippen molar-refractivity contribution in [2.24, 2.45) is 4.99 Å². The zero-order valence-electron chi connectivity index (χ0n) is 17.5. The summed E-state index contributed by atoms with van der Waals surface area (Å²) in [5.41, 5.74) is 4.49. The molecule has 0 aromatic heterocycles. The molecule has 1 atom stereocenters. The predicted molar refractivity (Wildman–Crippen MR) is 123 cm³/mol. The largest absolute Gasteiger partial charge is 0.338 e. The first-order chi connectivity index (χ1) is 15.1. The van der Waals surface area contributed by atoms with E-state index in [1.807, 2.05) is 60.7 Å². The van der Waals surface area contributed by atoms with Crippen LogP contribution < -0.4 is 15.5 Å². The summed E-state index contributed by atoms with van der Waals surface area (Å²) in [4.78, 5) is 31.9. The molecule has 2 aromatic carbocycles. The van der Waals surface area contributed by atoms with Gasteiger partial charge in [-0.3, -0.25) is 4.79 Å². The molecule has 1 heterocycles.